The van der Waals surface area contributed by atoms with Gasteiger partial charge in [-0.3, -0.25) is 9.69 Å². The first kappa shape index (κ1) is 15.3. The standard InChI is InChI=1S/C14H16Cl2N2O2/c15-11-5-3-6-12(14(11)16)17-13(20)8-18-7-2-1-4-10(18)9-19/h3,5-6,9-10H,1-2,4,7-8H2,(H,17,20). The highest BCUT2D eigenvalue weighted by Crippen LogP contribution is 2.29. The van der Waals surface area contributed by atoms with Gasteiger partial charge in [0.2, 0.25) is 5.91 Å². The second-order valence-electron chi connectivity index (χ2n) is 4.82. The minimum atomic E-state index is -0.192. The van der Waals surface area contributed by atoms with Crippen LogP contribution in [-0.2, 0) is 9.59 Å². The fourth-order valence-corrected chi connectivity index (χ4v) is 2.69. The lowest BCUT2D eigenvalue weighted by atomic mass is 10.0. The summed E-state index contributed by atoms with van der Waals surface area (Å²) in [5, 5.41) is 3.45. The summed E-state index contributed by atoms with van der Waals surface area (Å²) in [6.45, 7) is 0.951. The van der Waals surface area contributed by atoms with E-state index in [1.54, 1.807) is 18.2 Å². The Bertz CT molecular complexity index is 508. The molecule has 1 aromatic carbocycles. The summed E-state index contributed by atoms with van der Waals surface area (Å²) in [7, 11) is 0. The first-order chi connectivity index (χ1) is 9.61. The van der Waals surface area contributed by atoms with E-state index in [2.05, 4.69) is 5.32 Å². The zero-order valence-corrected chi connectivity index (χ0v) is 12.5. The average molecular weight is 315 g/mol. The van der Waals surface area contributed by atoms with E-state index in [0.717, 1.165) is 32.1 Å². The fourth-order valence-electron chi connectivity index (χ4n) is 2.34. The van der Waals surface area contributed by atoms with E-state index in [1.165, 1.54) is 0 Å². The van der Waals surface area contributed by atoms with Gasteiger partial charge >= 0.3 is 0 Å². The maximum atomic E-state index is 12.0. The van der Waals surface area contributed by atoms with Gasteiger partial charge in [-0.25, -0.2) is 0 Å². The SMILES string of the molecule is O=CC1CCCCN1CC(=O)Nc1cccc(Cl)c1Cl. The Morgan fingerprint density at radius 2 is 2.20 bits per heavy atom. The number of carbonyl (C=O) groups is 2. The summed E-state index contributed by atoms with van der Waals surface area (Å²) >= 11 is 11.9. The van der Waals surface area contributed by atoms with Gasteiger partial charge in [0.25, 0.3) is 0 Å². The van der Waals surface area contributed by atoms with Gasteiger partial charge in [-0.15, -0.1) is 0 Å². The molecule has 0 saturated carbocycles. The van der Waals surface area contributed by atoms with Crippen molar-refractivity contribution < 1.29 is 9.59 Å². The molecule has 0 aliphatic carbocycles. The Balaban J connectivity index is 1.98. The molecular weight excluding hydrogens is 299 g/mol. The molecule has 4 nitrogen and oxygen atoms in total. The summed E-state index contributed by atoms with van der Waals surface area (Å²) < 4.78 is 0. The molecule has 6 heteroatoms. The third kappa shape index (κ3) is 3.72. The van der Waals surface area contributed by atoms with Gasteiger partial charge in [-0.2, -0.15) is 0 Å². The first-order valence-electron chi connectivity index (χ1n) is 6.55. The minimum Gasteiger partial charge on any atom is -0.324 e. The van der Waals surface area contributed by atoms with Crippen LogP contribution in [0.15, 0.2) is 18.2 Å². The number of likely N-dealkylation sites (tertiary alicyclic amines) is 1. The van der Waals surface area contributed by atoms with E-state index in [4.69, 9.17) is 23.2 Å². The molecule has 20 heavy (non-hydrogen) atoms. The zero-order valence-electron chi connectivity index (χ0n) is 10.9. The lowest BCUT2D eigenvalue weighted by Gasteiger charge is -2.31. The predicted molar refractivity (Wildman–Crippen MR) is 80.4 cm³/mol. The number of anilines is 1. The van der Waals surface area contributed by atoms with Gasteiger partial charge in [0.15, 0.2) is 0 Å². The fraction of sp³-hybridized carbons (Fsp3) is 0.429. The van der Waals surface area contributed by atoms with Crippen LogP contribution in [0.3, 0.4) is 0 Å². The molecule has 1 N–H and O–H groups in total. The Morgan fingerprint density at radius 3 is 2.95 bits per heavy atom. The number of amides is 1. The van der Waals surface area contributed by atoms with Gasteiger partial charge in [0.05, 0.1) is 28.3 Å². The number of carbonyl (C=O) groups excluding carboxylic acids is 2. The summed E-state index contributed by atoms with van der Waals surface area (Å²) in [5.41, 5.74) is 0.490. The number of nitrogens with one attached hydrogen (secondary N) is 1. The van der Waals surface area contributed by atoms with Crippen molar-refractivity contribution in [2.75, 3.05) is 18.4 Å². The van der Waals surface area contributed by atoms with Gasteiger partial charge in [0.1, 0.15) is 6.29 Å². The van der Waals surface area contributed by atoms with Crippen LogP contribution >= 0.6 is 23.2 Å². The quantitative estimate of drug-likeness (QED) is 0.869. The number of nitrogens with zero attached hydrogens (tertiary/aromatic N) is 1. The monoisotopic (exact) mass is 314 g/mol. The van der Waals surface area contributed by atoms with Crippen molar-refractivity contribution in [1.29, 1.82) is 0 Å². The molecule has 108 valence electrons. The summed E-state index contributed by atoms with van der Waals surface area (Å²) in [6.07, 6.45) is 3.77. The maximum absolute atomic E-state index is 12.0. The number of hydrogen-bond donors (Lipinski definition) is 1. The Hall–Kier alpha value is -1.10. The van der Waals surface area contributed by atoms with Crippen LogP contribution in [-0.4, -0.2) is 36.2 Å². The number of hydrogen-bond acceptors (Lipinski definition) is 3. The van der Waals surface area contributed by atoms with E-state index in [-0.39, 0.29) is 18.5 Å². The summed E-state index contributed by atoms with van der Waals surface area (Å²) in [4.78, 5) is 24.9. The third-order valence-corrected chi connectivity index (χ3v) is 4.21. The van der Waals surface area contributed by atoms with Crippen LogP contribution < -0.4 is 5.32 Å². The van der Waals surface area contributed by atoms with Crippen LogP contribution in [0.5, 0.6) is 0 Å². The largest absolute Gasteiger partial charge is 0.324 e. The molecule has 0 bridgehead atoms. The number of benzene rings is 1. The lowest BCUT2D eigenvalue weighted by Crippen LogP contribution is -2.44. The smallest absolute Gasteiger partial charge is 0.238 e. The summed E-state index contributed by atoms with van der Waals surface area (Å²) in [6, 6.07) is 4.91. The molecule has 0 spiro atoms. The highest BCUT2D eigenvalue weighted by molar-refractivity contribution is 6.43. The van der Waals surface area contributed by atoms with Gasteiger partial charge in [-0.1, -0.05) is 35.7 Å². The topological polar surface area (TPSA) is 49.4 Å². The highest BCUT2D eigenvalue weighted by atomic mass is 35.5. The Morgan fingerprint density at radius 1 is 1.40 bits per heavy atom. The molecule has 1 aliphatic heterocycles. The molecule has 1 amide bonds. The molecule has 1 aliphatic rings. The normalized spacial score (nSPS) is 19.6. The number of halogens is 2. The molecule has 1 unspecified atom stereocenters. The Kier molecular flexibility index (Phi) is 5.40. The first-order valence-corrected chi connectivity index (χ1v) is 7.30. The molecule has 2 rings (SSSR count). The minimum absolute atomic E-state index is 0.163. The number of aldehydes is 1. The molecule has 1 saturated heterocycles. The molecule has 0 aromatic heterocycles. The predicted octanol–water partition coefficient (Wildman–Crippen LogP) is 2.99. The zero-order chi connectivity index (χ0) is 14.5. The van der Waals surface area contributed by atoms with Crippen molar-refractivity contribution in [3.8, 4) is 0 Å². The molecule has 1 fully saturated rings. The van der Waals surface area contributed by atoms with E-state index in [0.29, 0.717) is 15.7 Å². The van der Waals surface area contributed by atoms with Gasteiger partial charge in [-0.05, 0) is 31.5 Å². The molecule has 1 atom stereocenters. The van der Waals surface area contributed by atoms with Gasteiger partial charge in [0, 0.05) is 0 Å². The van der Waals surface area contributed by atoms with Crippen molar-refractivity contribution >= 4 is 41.1 Å². The second-order valence-corrected chi connectivity index (χ2v) is 5.60. The van der Waals surface area contributed by atoms with Crippen molar-refractivity contribution in [3.63, 3.8) is 0 Å². The van der Waals surface area contributed by atoms with Crippen molar-refractivity contribution in [1.82, 2.24) is 4.90 Å². The Labute approximate surface area is 128 Å². The van der Waals surface area contributed by atoms with Crippen LogP contribution in [0.1, 0.15) is 19.3 Å². The lowest BCUT2D eigenvalue weighted by molar-refractivity contribution is -0.120. The molecule has 1 aromatic rings. The van der Waals surface area contributed by atoms with Crippen LogP contribution in [0.25, 0.3) is 0 Å². The van der Waals surface area contributed by atoms with E-state index in [9.17, 15) is 9.59 Å². The van der Waals surface area contributed by atoms with Crippen molar-refractivity contribution in [3.05, 3.63) is 28.2 Å². The summed E-state index contributed by atoms with van der Waals surface area (Å²) in [5.74, 6) is -0.192. The molecular formula is C14H16Cl2N2O2. The van der Waals surface area contributed by atoms with Crippen molar-refractivity contribution in [2.45, 2.75) is 25.3 Å². The van der Waals surface area contributed by atoms with Crippen molar-refractivity contribution in [2.24, 2.45) is 0 Å². The second kappa shape index (κ2) is 7.07. The van der Waals surface area contributed by atoms with Gasteiger partial charge < -0.3 is 10.1 Å². The van der Waals surface area contributed by atoms with E-state index >= 15 is 0 Å². The maximum Gasteiger partial charge on any atom is 0.238 e. The third-order valence-electron chi connectivity index (χ3n) is 3.39. The number of piperidine rings is 1. The van der Waals surface area contributed by atoms with Crippen LogP contribution in [0, 0.1) is 0 Å². The number of rotatable bonds is 4. The van der Waals surface area contributed by atoms with E-state index < -0.39 is 0 Å². The van der Waals surface area contributed by atoms with Crippen LogP contribution in [0.4, 0.5) is 5.69 Å². The highest BCUT2D eigenvalue weighted by Gasteiger charge is 2.23. The van der Waals surface area contributed by atoms with E-state index in [1.807, 2.05) is 4.90 Å². The molecule has 0 radical (unpaired) electrons. The average Bonchev–Trinajstić information content (AvgIpc) is 2.44. The van der Waals surface area contributed by atoms with Crippen LogP contribution in [0.2, 0.25) is 10.0 Å². The molecule has 1 heterocycles.